The van der Waals surface area contributed by atoms with Gasteiger partial charge in [-0.1, -0.05) is 6.07 Å². The minimum atomic E-state index is -0.480. The summed E-state index contributed by atoms with van der Waals surface area (Å²) in [5.41, 5.74) is 1.11. The molecule has 0 saturated carbocycles. The number of fused-ring (bicyclic) bond motifs is 1. The van der Waals surface area contributed by atoms with E-state index in [-0.39, 0.29) is 23.4 Å². The predicted molar refractivity (Wildman–Crippen MR) is 72.1 cm³/mol. The second-order valence-electron chi connectivity index (χ2n) is 4.98. The summed E-state index contributed by atoms with van der Waals surface area (Å²) in [6, 6.07) is 3.23. The van der Waals surface area contributed by atoms with Crippen LogP contribution >= 0.6 is 0 Å². The predicted octanol–water partition coefficient (Wildman–Crippen LogP) is 2.24. The Balaban J connectivity index is 2.14. The number of Topliss-reactive ketones (excluding diaryl/α,β-unsaturated/α-hetero) is 1. The van der Waals surface area contributed by atoms with E-state index in [9.17, 15) is 14.7 Å². The van der Waals surface area contributed by atoms with Crippen LogP contribution in [-0.2, 0) is 16.0 Å². The van der Waals surface area contributed by atoms with Gasteiger partial charge in [-0.2, -0.15) is 0 Å². The van der Waals surface area contributed by atoms with Gasteiger partial charge >= 0.3 is 5.97 Å². The number of hydrogen-bond donors (Lipinski definition) is 1. The molecule has 0 aromatic heterocycles. The number of esters is 1. The summed E-state index contributed by atoms with van der Waals surface area (Å²) in [6.45, 7) is 1.55. The molecular weight excluding hydrogens is 260 g/mol. The summed E-state index contributed by atoms with van der Waals surface area (Å²) in [4.78, 5) is 23.0. The molecule has 1 N–H and O–H groups in total. The van der Waals surface area contributed by atoms with E-state index in [0.29, 0.717) is 31.2 Å². The number of carbonyl (C=O) groups excluding carboxylic acids is 2. The molecule has 0 unspecified atom stereocenters. The fraction of sp³-hybridized carbons (Fsp3) is 0.467. The second-order valence-corrected chi connectivity index (χ2v) is 4.98. The van der Waals surface area contributed by atoms with Gasteiger partial charge in [-0.15, -0.1) is 0 Å². The monoisotopic (exact) mass is 278 g/mol. The van der Waals surface area contributed by atoms with Gasteiger partial charge in [-0.3, -0.25) is 0 Å². The largest absolute Gasteiger partial charge is 0.504 e. The van der Waals surface area contributed by atoms with Crippen molar-refractivity contribution in [3.05, 3.63) is 23.3 Å². The van der Waals surface area contributed by atoms with Crippen LogP contribution in [0.25, 0.3) is 0 Å². The third-order valence-corrected chi connectivity index (χ3v) is 3.41. The SMILES string of the molecule is COc1c(O)ccc2c1C(=O)O[C@H](CCCC(C)=O)C2. The molecular formula is C15H18O5. The number of cyclic esters (lactones) is 1. The first kappa shape index (κ1) is 14.4. The van der Waals surface area contributed by atoms with Crippen LogP contribution in [0.1, 0.15) is 42.1 Å². The Labute approximate surface area is 117 Å². The van der Waals surface area contributed by atoms with E-state index in [1.165, 1.54) is 13.2 Å². The average Bonchev–Trinajstić information content (AvgIpc) is 2.39. The van der Waals surface area contributed by atoms with Gasteiger partial charge < -0.3 is 19.4 Å². The molecule has 20 heavy (non-hydrogen) atoms. The molecule has 0 amide bonds. The van der Waals surface area contributed by atoms with Gasteiger partial charge in [0, 0.05) is 12.8 Å². The van der Waals surface area contributed by atoms with Crippen molar-refractivity contribution in [2.75, 3.05) is 7.11 Å². The summed E-state index contributed by atoms with van der Waals surface area (Å²) < 4.78 is 10.4. The van der Waals surface area contributed by atoms with Gasteiger partial charge in [0.25, 0.3) is 0 Å². The van der Waals surface area contributed by atoms with E-state index >= 15 is 0 Å². The third-order valence-electron chi connectivity index (χ3n) is 3.41. The Kier molecular flexibility index (Phi) is 4.27. The lowest BCUT2D eigenvalue weighted by molar-refractivity contribution is -0.117. The average molecular weight is 278 g/mol. The highest BCUT2D eigenvalue weighted by molar-refractivity contribution is 5.96. The maximum Gasteiger partial charge on any atom is 0.342 e. The van der Waals surface area contributed by atoms with E-state index in [4.69, 9.17) is 9.47 Å². The molecule has 0 aliphatic carbocycles. The van der Waals surface area contributed by atoms with Crippen LogP contribution in [0.3, 0.4) is 0 Å². The van der Waals surface area contributed by atoms with Crippen molar-refractivity contribution >= 4 is 11.8 Å². The number of rotatable bonds is 5. The molecule has 1 aliphatic heterocycles. The molecule has 1 aromatic carbocycles. The van der Waals surface area contributed by atoms with Crippen molar-refractivity contribution in [2.24, 2.45) is 0 Å². The lowest BCUT2D eigenvalue weighted by Crippen LogP contribution is -2.28. The van der Waals surface area contributed by atoms with Crippen LogP contribution in [0.5, 0.6) is 11.5 Å². The number of aromatic hydroxyl groups is 1. The Bertz CT molecular complexity index is 535. The molecule has 2 rings (SSSR count). The smallest absolute Gasteiger partial charge is 0.342 e. The highest BCUT2D eigenvalue weighted by Gasteiger charge is 2.30. The number of benzene rings is 1. The van der Waals surface area contributed by atoms with Crippen molar-refractivity contribution in [1.82, 2.24) is 0 Å². The Hall–Kier alpha value is -2.04. The lowest BCUT2D eigenvalue weighted by Gasteiger charge is -2.26. The third kappa shape index (κ3) is 2.92. The fourth-order valence-electron chi connectivity index (χ4n) is 2.45. The number of phenolic OH excluding ortho intramolecular Hbond substituents is 1. The van der Waals surface area contributed by atoms with E-state index in [2.05, 4.69) is 0 Å². The van der Waals surface area contributed by atoms with Gasteiger partial charge in [0.1, 0.15) is 17.5 Å². The van der Waals surface area contributed by atoms with Crippen LogP contribution in [0.15, 0.2) is 12.1 Å². The maximum absolute atomic E-state index is 12.0. The Morgan fingerprint density at radius 1 is 1.50 bits per heavy atom. The topological polar surface area (TPSA) is 72.8 Å². The molecule has 0 spiro atoms. The zero-order valence-electron chi connectivity index (χ0n) is 11.6. The van der Waals surface area contributed by atoms with E-state index in [1.54, 1.807) is 13.0 Å². The van der Waals surface area contributed by atoms with Crippen molar-refractivity contribution in [1.29, 1.82) is 0 Å². The number of carbonyl (C=O) groups is 2. The van der Waals surface area contributed by atoms with Crippen LogP contribution < -0.4 is 4.74 Å². The first-order valence-electron chi connectivity index (χ1n) is 6.62. The van der Waals surface area contributed by atoms with Gasteiger partial charge in [-0.25, -0.2) is 4.79 Å². The normalized spacial score (nSPS) is 17.3. The molecule has 108 valence electrons. The Morgan fingerprint density at radius 3 is 2.90 bits per heavy atom. The van der Waals surface area contributed by atoms with Gasteiger partial charge in [0.2, 0.25) is 0 Å². The fourth-order valence-corrected chi connectivity index (χ4v) is 2.45. The first-order chi connectivity index (χ1) is 9.52. The molecule has 0 fully saturated rings. The summed E-state index contributed by atoms with van der Waals surface area (Å²) in [5.74, 6) is -0.251. The Morgan fingerprint density at radius 2 is 2.25 bits per heavy atom. The number of phenols is 1. The lowest BCUT2D eigenvalue weighted by atomic mass is 9.94. The molecule has 0 radical (unpaired) electrons. The van der Waals surface area contributed by atoms with Crippen molar-refractivity contribution in [3.63, 3.8) is 0 Å². The van der Waals surface area contributed by atoms with Crippen LogP contribution in [0.4, 0.5) is 0 Å². The summed E-state index contributed by atoms with van der Waals surface area (Å²) in [6.07, 6.45) is 2.23. The first-order valence-corrected chi connectivity index (χ1v) is 6.62. The molecule has 0 saturated heterocycles. The second kappa shape index (κ2) is 5.94. The number of ether oxygens (including phenoxy) is 2. The molecule has 5 heteroatoms. The minimum absolute atomic E-state index is 0.0711. The zero-order chi connectivity index (χ0) is 14.7. The van der Waals surface area contributed by atoms with Crippen LogP contribution in [0.2, 0.25) is 0 Å². The van der Waals surface area contributed by atoms with Gasteiger partial charge in [-0.05, 0) is 31.4 Å². The summed E-state index contributed by atoms with van der Waals surface area (Å²) in [7, 11) is 1.40. The highest BCUT2D eigenvalue weighted by atomic mass is 16.5. The molecule has 1 heterocycles. The van der Waals surface area contributed by atoms with Crippen LogP contribution in [0, 0.1) is 0 Å². The molecule has 0 bridgehead atoms. The van der Waals surface area contributed by atoms with E-state index < -0.39 is 5.97 Å². The molecule has 5 nitrogen and oxygen atoms in total. The standard InChI is InChI=1S/C15H18O5/c1-9(16)4-3-5-11-8-10-6-7-12(17)14(19-2)13(10)15(18)20-11/h6-7,11,17H,3-5,8H2,1-2H3/t11-/m1/s1. The molecule has 1 atom stereocenters. The molecule has 1 aromatic rings. The minimum Gasteiger partial charge on any atom is -0.504 e. The maximum atomic E-state index is 12.0. The highest BCUT2D eigenvalue weighted by Crippen LogP contribution is 2.36. The van der Waals surface area contributed by atoms with E-state index in [0.717, 1.165) is 5.56 Å². The van der Waals surface area contributed by atoms with Crippen molar-refractivity contribution in [2.45, 2.75) is 38.7 Å². The quantitative estimate of drug-likeness (QED) is 0.836. The van der Waals surface area contributed by atoms with Gasteiger partial charge in [0.05, 0.1) is 7.11 Å². The number of hydrogen-bond acceptors (Lipinski definition) is 5. The number of methoxy groups -OCH3 is 1. The van der Waals surface area contributed by atoms with Gasteiger partial charge in [0.15, 0.2) is 11.5 Å². The number of ketones is 1. The molecule has 1 aliphatic rings. The van der Waals surface area contributed by atoms with Crippen molar-refractivity contribution in [3.8, 4) is 11.5 Å². The van der Waals surface area contributed by atoms with Crippen LogP contribution in [-0.4, -0.2) is 30.1 Å². The summed E-state index contributed by atoms with van der Waals surface area (Å²) in [5, 5.41) is 9.68. The zero-order valence-corrected chi connectivity index (χ0v) is 11.6. The van der Waals surface area contributed by atoms with Crippen molar-refractivity contribution < 1.29 is 24.2 Å². The van der Waals surface area contributed by atoms with E-state index in [1.807, 2.05) is 0 Å². The summed E-state index contributed by atoms with van der Waals surface area (Å²) >= 11 is 0.